The van der Waals surface area contributed by atoms with Gasteiger partial charge in [0.15, 0.2) is 0 Å². The number of anilines is 1. The minimum atomic E-state index is -0.337. The highest BCUT2D eigenvalue weighted by Crippen LogP contribution is 2.13. The summed E-state index contributed by atoms with van der Waals surface area (Å²) in [5, 5.41) is 7.00. The van der Waals surface area contributed by atoms with Crippen molar-refractivity contribution in [1.82, 2.24) is 9.78 Å². The van der Waals surface area contributed by atoms with Crippen molar-refractivity contribution in [2.24, 2.45) is 0 Å². The number of aromatic nitrogens is 2. The molecule has 1 aromatic heterocycles. The highest BCUT2D eigenvalue weighted by atomic mass is 19.1. The van der Waals surface area contributed by atoms with Gasteiger partial charge in [0.2, 0.25) is 5.91 Å². The number of carbonyl (C=O) groups is 1. The first-order valence-electron chi connectivity index (χ1n) is 7.30. The lowest BCUT2D eigenvalue weighted by atomic mass is 10.1. The molecule has 0 unspecified atom stereocenters. The molecular formula is C18H16FN3O. The molecule has 0 saturated carbocycles. The van der Waals surface area contributed by atoms with Crippen LogP contribution in [0.25, 0.3) is 0 Å². The number of rotatable bonds is 5. The zero-order valence-corrected chi connectivity index (χ0v) is 12.4. The van der Waals surface area contributed by atoms with E-state index in [1.165, 1.54) is 12.1 Å². The molecule has 2 aromatic carbocycles. The Kier molecular flexibility index (Phi) is 4.47. The Labute approximate surface area is 133 Å². The lowest BCUT2D eigenvalue weighted by molar-refractivity contribution is -0.115. The molecule has 4 nitrogen and oxygen atoms in total. The third-order valence-corrected chi connectivity index (χ3v) is 3.37. The number of hydrogen-bond acceptors (Lipinski definition) is 2. The van der Waals surface area contributed by atoms with Crippen molar-refractivity contribution in [1.29, 1.82) is 0 Å². The predicted molar refractivity (Wildman–Crippen MR) is 86.5 cm³/mol. The van der Waals surface area contributed by atoms with E-state index in [-0.39, 0.29) is 18.1 Å². The summed E-state index contributed by atoms with van der Waals surface area (Å²) in [5.74, 6) is -0.511. The zero-order valence-electron chi connectivity index (χ0n) is 12.4. The summed E-state index contributed by atoms with van der Waals surface area (Å²) in [7, 11) is 0. The van der Waals surface area contributed by atoms with Gasteiger partial charge in [0, 0.05) is 18.1 Å². The fourth-order valence-corrected chi connectivity index (χ4v) is 2.37. The van der Waals surface area contributed by atoms with Gasteiger partial charge in [0.1, 0.15) is 5.82 Å². The quantitative estimate of drug-likeness (QED) is 0.786. The second-order valence-electron chi connectivity index (χ2n) is 5.26. The molecule has 116 valence electrons. The van der Waals surface area contributed by atoms with E-state index in [9.17, 15) is 9.18 Å². The molecule has 0 aliphatic heterocycles. The van der Waals surface area contributed by atoms with Crippen LogP contribution < -0.4 is 5.32 Å². The van der Waals surface area contributed by atoms with Crippen molar-refractivity contribution in [3.63, 3.8) is 0 Å². The van der Waals surface area contributed by atoms with Crippen LogP contribution in [0.15, 0.2) is 67.0 Å². The van der Waals surface area contributed by atoms with Gasteiger partial charge in [-0.25, -0.2) is 4.39 Å². The van der Waals surface area contributed by atoms with Crippen LogP contribution in [0.4, 0.5) is 10.1 Å². The number of nitrogens with one attached hydrogen (secondary N) is 1. The molecule has 3 aromatic rings. The van der Waals surface area contributed by atoms with Crippen LogP contribution in [0.1, 0.15) is 11.1 Å². The third kappa shape index (κ3) is 4.26. The monoisotopic (exact) mass is 309 g/mol. The molecular weight excluding hydrogens is 293 g/mol. The topological polar surface area (TPSA) is 46.9 Å². The van der Waals surface area contributed by atoms with Crippen LogP contribution in [0.2, 0.25) is 0 Å². The molecule has 1 N–H and O–H groups in total. The smallest absolute Gasteiger partial charge is 0.228 e. The molecule has 23 heavy (non-hydrogen) atoms. The predicted octanol–water partition coefficient (Wildman–Crippen LogP) is 3.25. The molecule has 0 bridgehead atoms. The molecule has 1 amide bonds. The molecule has 0 fully saturated rings. The van der Waals surface area contributed by atoms with Crippen molar-refractivity contribution in [2.75, 3.05) is 5.32 Å². The van der Waals surface area contributed by atoms with Crippen LogP contribution in [-0.2, 0) is 17.8 Å². The van der Waals surface area contributed by atoms with E-state index < -0.39 is 0 Å². The summed E-state index contributed by atoms with van der Waals surface area (Å²) in [4.78, 5) is 12.1. The van der Waals surface area contributed by atoms with Crippen LogP contribution in [-0.4, -0.2) is 15.7 Å². The summed E-state index contributed by atoms with van der Waals surface area (Å²) in [5.41, 5.74) is 2.41. The molecule has 1 heterocycles. The van der Waals surface area contributed by atoms with E-state index in [1.807, 2.05) is 41.2 Å². The van der Waals surface area contributed by atoms with Crippen molar-refractivity contribution >= 4 is 11.6 Å². The van der Waals surface area contributed by atoms with E-state index in [2.05, 4.69) is 10.4 Å². The highest BCUT2D eigenvalue weighted by Gasteiger charge is 2.06. The molecule has 3 rings (SSSR count). The Morgan fingerprint density at radius 2 is 1.91 bits per heavy atom. The number of benzene rings is 2. The standard InChI is InChI=1S/C18H16FN3O/c19-16-6-1-4-14(10-16)12-18(23)21-17-7-2-5-15(11-17)13-22-9-3-8-20-22/h1-11H,12-13H2,(H,21,23). The zero-order chi connectivity index (χ0) is 16.1. The van der Waals surface area contributed by atoms with Gasteiger partial charge in [-0.2, -0.15) is 5.10 Å². The van der Waals surface area contributed by atoms with E-state index in [4.69, 9.17) is 0 Å². The fourth-order valence-electron chi connectivity index (χ4n) is 2.37. The maximum Gasteiger partial charge on any atom is 0.228 e. The molecule has 0 atom stereocenters. The Morgan fingerprint density at radius 3 is 2.70 bits per heavy atom. The van der Waals surface area contributed by atoms with Gasteiger partial charge in [-0.1, -0.05) is 24.3 Å². The van der Waals surface area contributed by atoms with Gasteiger partial charge < -0.3 is 5.32 Å². The summed E-state index contributed by atoms with van der Waals surface area (Å²) in [6.07, 6.45) is 3.75. The first-order valence-corrected chi connectivity index (χ1v) is 7.30. The Hall–Kier alpha value is -2.95. The first-order chi connectivity index (χ1) is 11.2. The van der Waals surface area contributed by atoms with E-state index in [0.717, 1.165) is 11.3 Å². The summed E-state index contributed by atoms with van der Waals surface area (Å²) >= 11 is 0. The molecule has 0 saturated heterocycles. The number of hydrogen-bond donors (Lipinski definition) is 1. The number of amides is 1. The SMILES string of the molecule is O=C(Cc1cccc(F)c1)Nc1cccc(Cn2cccn2)c1. The number of carbonyl (C=O) groups excluding carboxylic acids is 1. The van der Waals surface area contributed by atoms with Crippen LogP contribution in [0, 0.1) is 5.82 Å². The Balaban J connectivity index is 1.64. The van der Waals surface area contributed by atoms with E-state index in [1.54, 1.807) is 18.3 Å². The van der Waals surface area contributed by atoms with Gasteiger partial charge in [-0.3, -0.25) is 9.48 Å². The molecule has 0 spiro atoms. The van der Waals surface area contributed by atoms with Gasteiger partial charge in [-0.15, -0.1) is 0 Å². The van der Waals surface area contributed by atoms with Gasteiger partial charge in [0.25, 0.3) is 0 Å². The van der Waals surface area contributed by atoms with E-state index in [0.29, 0.717) is 12.1 Å². The lowest BCUT2D eigenvalue weighted by Crippen LogP contribution is -2.14. The largest absolute Gasteiger partial charge is 0.326 e. The van der Waals surface area contributed by atoms with Crippen molar-refractivity contribution in [2.45, 2.75) is 13.0 Å². The van der Waals surface area contributed by atoms with Crippen LogP contribution in [0.3, 0.4) is 0 Å². The van der Waals surface area contributed by atoms with Crippen LogP contribution in [0.5, 0.6) is 0 Å². The second-order valence-corrected chi connectivity index (χ2v) is 5.26. The van der Waals surface area contributed by atoms with Crippen molar-refractivity contribution in [3.8, 4) is 0 Å². The summed E-state index contributed by atoms with van der Waals surface area (Å²) in [6, 6.07) is 15.5. The van der Waals surface area contributed by atoms with Crippen molar-refractivity contribution < 1.29 is 9.18 Å². The number of nitrogens with zero attached hydrogens (tertiary/aromatic N) is 2. The lowest BCUT2D eigenvalue weighted by Gasteiger charge is -2.08. The average Bonchev–Trinajstić information content (AvgIpc) is 3.00. The maximum absolute atomic E-state index is 13.1. The molecule has 0 aliphatic carbocycles. The molecule has 5 heteroatoms. The Morgan fingerprint density at radius 1 is 1.09 bits per heavy atom. The minimum absolute atomic E-state index is 0.140. The summed E-state index contributed by atoms with van der Waals surface area (Å²) < 4.78 is 15.0. The maximum atomic E-state index is 13.1. The second kappa shape index (κ2) is 6.87. The van der Waals surface area contributed by atoms with Crippen molar-refractivity contribution in [3.05, 3.63) is 83.9 Å². The minimum Gasteiger partial charge on any atom is -0.326 e. The first kappa shape index (κ1) is 15.0. The van der Waals surface area contributed by atoms with Gasteiger partial charge in [0.05, 0.1) is 13.0 Å². The Bertz CT molecular complexity index is 800. The normalized spacial score (nSPS) is 10.5. The van der Waals surface area contributed by atoms with Crippen LogP contribution >= 0.6 is 0 Å². The fraction of sp³-hybridized carbons (Fsp3) is 0.111. The summed E-state index contributed by atoms with van der Waals surface area (Å²) in [6.45, 7) is 0.639. The third-order valence-electron chi connectivity index (χ3n) is 3.37. The van der Waals surface area contributed by atoms with E-state index >= 15 is 0 Å². The molecule has 0 aliphatic rings. The average molecular weight is 309 g/mol. The van der Waals surface area contributed by atoms with Gasteiger partial charge >= 0.3 is 0 Å². The number of halogens is 1. The highest BCUT2D eigenvalue weighted by molar-refractivity contribution is 5.92. The van der Waals surface area contributed by atoms with Gasteiger partial charge in [-0.05, 0) is 41.5 Å². The molecule has 0 radical (unpaired) electrons.